The molecule has 0 radical (unpaired) electrons. The third kappa shape index (κ3) is 4.25. The molecule has 0 saturated carbocycles. The summed E-state index contributed by atoms with van der Waals surface area (Å²) >= 11 is 8.03. The van der Waals surface area contributed by atoms with E-state index in [0.29, 0.717) is 17.1 Å². The SMILES string of the molecule is O=C1c2c(Cl)cccc2CN1c1cccc(-c2ncc(C(c3ccncc3)N3CCNCC3)s2)c1. The smallest absolute Gasteiger partial charge is 0.260 e. The summed E-state index contributed by atoms with van der Waals surface area (Å²) < 4.78 is 0. The number of fused-ring (bicyclic) bond motifs is 1. The molecule has 6 rings (SSSR count). The van der Waals surface area contributed by atoms with Gasteiger partial charge in [-0.2, -0.15) is 0 Å². The number of anilines is 1. The Morgan fingerprint density at radius 2 is 1.83 bits per heavy atom. The lowest BCUT2D eigenvalue weighted by Gasteiger charge is -2.34. The van der Waals surface area contributed by atoms with E-state index in [9.17, 15) is 4.79 Å². The van der Waals surface area contributed by atoms with Crippen LogP contribution in [0.3, 0.4) is 0 Å². The van der Waals surface area contributed by atoms with Crippen molar-refractivity contribution in [2.45, 2.75) is 12.6 Å². The van der Waals surface area contributed by atoms with Gasteiger partial charge in [-0.15, -0.1) is 11.3 Å². The zero-order valence-corrected chi connectivity index (χ0v) is 20.6. The van der Waals surface area contributed by atoms with Crippen LogP contribution in [0.15, 0.2) is 73.2 Å². The molecule has 6 nitrogen and oxygen atoms in total. The largest absolute Gasteiger partial charge is 0.314 e. The van der Waals surface area contributed by atoms with Crippen LogP contribution in [0.1, 0.15) is 32.4 Å². The molecule has 8 heteroatoms. The number of piperazine rings is 1. The summed E-state index contributed by atoms with van der Waals surface area (Å²) in [6.45, 7) is 4.44. The second-order valence-electron chi connectivity index (χ2n) is 8.75. The quantitative estimate of drug-likeness (QED) is 0.416. The number of benzene rings is 2. The van der Waals surface area contributed by atoms with Crippen LogP contribution in [0, 0.1) is 0 Å². The molecule has 4 heterocycles. The predicted molar refractivity (Wildman–Crippen MR) is 140 cm³/mol. The van der Waals surface area contributed by atoms with Gasteiger partial charge in [-0.3, -0.25) is 14.7 Å². The number of nitrogens with zero attached hydrogens (tertiary/aromatic N) is 4. The van der Waals surface area contributed by atoms with Crippen LogP contribution < -0.4 is 10.2 Å². The lowest BCUT2D eigenvalue weighted by Crippen LogP contribution is -2.45. The van der Waals surface area contributed by atoms with Gasteiger partial charge in [-0.25, -0.2) is 4.98 Å². The molecule has 1 unspecified atom stereocenters. The number of amides is 1. The van der Waals surface area contributed by atoms with Crippen LogP contribution in [0.4, 0.5) is 5.69 Å². The Morgan fingerprint density at radius 3 is 2.63 bits per heavy atom. The fourth-order valence-electron chi connectivity index (χ4n) is 4.92. The van der Waals surface area contributed by atoms with Gasteiger partial charge in [0.1, 0.15) is 5.01 Å². The minimum atomic E-state index is -0.0564. The number of carbonyl (C=O) groups excluding carboxylic acids is 1. The number of hydrogen-bond acceptors (Lipinski definition) is 6. The van der Waals surface area contributed by atoms with Crippen LogP contribution >= 0.6 is 22.9 Å². The normalized spacial score (nSPS) is 16.9. The third-order valence-electron chi connectivity index (χ3n) is 6.62. The van der Waals surface area contributed by atoms with E-state index in [4.69, 9.17) is 16.6 Å². The average Bonchev–Trinajstić information content (AvgIpc) is 3.51. The van der Waals surface area contributed by atoms with Gasteiger partial charge in [0.25, 0.3) is 5.91 Å². The zero-order valence-electron chi connectivity index (χ0n) is 19.0. The average molecular weight is 502 g/mol. The van der Waals surface area contributed by atoms with E-state index in [1.165, 1.54) is 10.4 Å². The minimum Gasteiger partial charge on any atom is -0.314 e. The Morgan fingerprint density at radius 1 is 1.03 bits per heavy atom. The first kappa shape index (κ1) is 22.4. The summed E-state index contributed by atoms with van der Waals surface area (Å²) in [5, 5.41) is 4.89. The maximum Gasteiger partial charge on any atom is 0.260 e. The number of carbonyl (C=O) groups is 1. The second kappa shape index (κ2) is 9.51. The van der Waals surface area contributed by atoms with E-state index >= 15 is 0 Å². The van der Waals surface area contributed by atoms with Gasteiger partial charge in [-0.1, -0.05) is 35.9 Å². The van der Waals surface area contributed by atoms with Crippen LogP contribution in [0.5, 0.6) is 0 Å². The highest BCUT2D eigenvalue weighted by molar-refractivity contribution is 7.15. The number of pyridine rings is 1. The molecule has 2 aromatic heterocycles. The summed E-state index contributed by atoms with van der Waals surface area (Å²) in [5.41, 5.74) is 4.64. The van der Waals surface area contributed by atoms with Crippen molar-refractivity contribution in [3.05, 3.63) is 99.8 Å². The van der Waals surface area contributed by atoms with Crippen molar-refractivity contribution in [3.8, 4) is 10.6 Å². The molecule has 2 aliphatic heterocycles. The van der Waals surface area contributed by atoms with Crippen molar-refractivity contribution in [3.63, 3.8) is 0 Å². The third-order valence-corrected chi connectivity index (χ3v) is 8.04. The molecule has 4 aromatic rings. The summed E-state index contributed by atoms with van der Waals surface area (Å²) in [6.07, 6.45) is 5.71. The molecule has 176 valence electrons. The monoisotopic (exact) mass is 501 g/mol. The van der Waals surface area contributed by atoms with Crippen molar-refractivity contribution >= 4 is 34.5 Å². The summed E-state index contributed by atoms with van der Waals surface area (Å²) in [5.74, 6) is -0.0564. The van der Waals surface area contributed by atoms with E-state index in [1.807, 2.05) is 48.9 Å². The first-order chi connectivity index (χ1) is 17.2. The molecule has 1 amide bonds. The fraction of sp³-hybridized carbons (Fsp3) is 0.222. The van der Waals surface area contributed by atoms with Crippen molar-refractivity contribution in [2.24, 2.45) is 0 Å². The number of rotatable bonds is 5. The van der Waals surface area contributed by atoms with Crippen LogP contribution in [-0.4, -0.2) is 47.0 Å². The van der Waals surface area contributed by atoms with Crippen molar-refractivity contribution in [1.82, 2.24) is 20.2 Å². The van der Waals surface area contributed by atoms with E-state index in [2.05, 4.69) is 33.4 Å². The highest BCUT2D eigenvalue weighted by atomic mass is 35.5. The number of hydrogen-bond donors (Lipinski definition) is 1. The Balaban J connectivity index is 1.31. The molecule has 2 aliphatic rings. The Hall–Kier alpha value is -3.10. The van der Waals surface area contributed by atoms with Crippen LogP contribution in [-0.2, 0) is 6.54 Å². The highest BCUT2D eigenvalue weighted by Gasteiger charge is 2.31. The fourth-order valence-corrected chi connectivity index (χ4v) is 6.27. The molecule has 1 N–H and O–H groups in total. The van der Waals surface area contributed by atoms with E-state index in [0.717, 1.165) is 48.0 Å². The van der Waals surface area contributed by atoms with Crippen molar-refractivity contribution < 1.29 is 4.79 Å². The second-order valence-corrected chi connectivity index (χ2v) is 10.2. The van der Waals surface area contributed by atoms with Gasteiger partial charge >= 0.3 is 0 Å². The number of halogens is 1. The zero-order chi connectivity index (χ0) is 23.8. The maximum atomic E-state index is 13.1. The van der Waals surface area contributed by atoms with Crippen LogP contribution in [0.25, 0.3) is 10.6 Å². The molecular formula is C27H24ClN5OS. The number of aromatic nitrogens is 2. The number of thiazole rings is 1. The van der Waals surface area contributed by atoms with Gasteiger partial charge in [0.05, 0.1) is 23.2 Å². The van der Waals surface area contributed by atoms with Gasteiger partial charge in [-0.05, 0) is 41.5 Å². The van der Waals surface area contributed by atoms with Gasteiger partial charge < -0.3 is 10.2 Å². The van der Waals surface area contributed by atoms with Crippen molar-refractivity contribution in [1.29, 1.82) is 0 Å². The van der Waals surface area contributed by atoms with E-state index in [1.54, 1.807) is 22.3 Å². The predicted octanol–water partition coefficient (Wildman–Crippen LogP) is 5.01. The molecule has 1 atom stereocenters. The van der Waals surface area contributed by atoms with Gasteiger partial charge in [0.15, 0.2) is 0 Å². The first-order valence-corrected chi connectivity index (χ1v) is 12.9. The topological polar surface area (TPSA) is 61.4 Å². The molecule has 0 spiro atoms. The molecule has 0 aliphatic carbocycles. The maximum absolute atomic E-state index is 13.1. The van der Waals surface area contributed by atoms with E-state index in [-0.39, 0.29) is 11.9 Å². The minimum absolute atomic E-state index is 0.0564. The molecule has 0 bridgehead atoms. The number of nitrogens with one attached hydrogen (secondary N) is 1. The first-order valence-electron chi connectivity index (χ1n) is 11.7. The Kier molecular flexibility index (Phi) is 6.08. The summed E-state index contributed by atoms with van der Waals surface area (Å²) in [4.78, 5) is 27.6. The Bertz CT molecular complexity index is 1370. The summed E-state index contributed by atoms with van der Waals surface area (Å²) in [6, 6.07) is 18.0. The van der Waals surface area contributed by atoms with Gasteiger partial charge in [0.2, 0.25) is 0 Å². The Labute approximate surface area is 213 Å². The van der Waals surface area contributed by atoms with E-state index < -0.39 is 0 Å². The molecule has 35 heavy (non-hydrogen) atoms. The standard InChI is InChI=1S/C27H24ClN5OS/c28-22-6-2-4-20-17-33(27(34)24(20)22)21-5-1-3-19(15-21)26-31-16-23(35-26)25(18-7-9-29-10-8-18)32-13-11-30-12-14-32/h1-10,15-16,25,30H,11-14,17H2. The molecule has 2 aromatic carbocycles. The van der Waals surface area contributed by atoms with Crippen molar-refractivity contribution in [2.75, 3.05) is 31.1 Å². The molecule has 1 fully saturated rings. The molecule has 1 saturated heterocycles. The lowest BCUT2D eigenvalue weighted by molar-refractivity contribution is 0.0997. The summed E-state index contributed by atoms with van der Waals surface area (Å²) in [7, 11) is 0. The highest BCUT2D eigenvalue weighted by Crippen LogP contribution is 2.38. The lowest BCUT2D eigenvalue weighted by atomic mass is 10.0. The molecular weight excluding hydrogens is 478 g/mol. The van der Waals surface area contributed by atoms with Crippen LogP contribution in [0.2, 0.25) is 5.02 Å². The van der Waals surface area contributed by atoms with Gasteiger partial charge in [0, 0.05) is 60.9 Å².